The van der Waals surface area contributed by atoms with E-state index in [-0.39, 0.29) is 0 Å². The molecule has 0 unspecified atom stereocenters. The fourth-order valence-electron chi connectivity index (χ4n) is 8.08. The van der Waals surface area contributed by atoms with Gasteiger partial charge >= 0.3 is 0 Å². The molecule has 0 amide bonds. The lowest BCUT2D eigenvalue weighted by molar-refractivity contribution is 1.42. The third-order valence-electron chi connectivity index (χ3n) is 10.5. The van der Waals surface area contributed by atoms with Gasteiger partial charge < -0.3 is 0 Å². The Morgan fingerprint density at radius 2 is 0.731 bits per heavy atom. The minimum atomic E-state index is 0.965. The summed E-state index contributed by atoms with van der Waals surface area (Å²) in [4.78, 5) is 5.34. The van der Waals surface area contributed by atoms with Gasteiger partial charge in [-0.2, -0.15) is 0 Å². The number of rotatable bonds is 5. The largest absolute Gasteiger partial charge is 0.247 e. The maximum atomic E-state index is 5.34. The highest BCUT2D eigenvalue weighted by molar-refractivity contribution is 6.24. The summed E-state index contributed by atoms with van der Waals surface area (Å²) in [6, 6.07) is 72.4. The van der Waals surface area contributed by atoms with Gasteiger partial charge in [0, 0.05) is 16.3 Å². The first kappa shape index (κ1) is 30.0. The zero-order valence-electron chi connectivity index (χ0n) is 28.5. The highest BCUT2D eigenvalue weighted by Crippen LogP contribution is 2.48. The van der Waals surface area contributed by atoms with Crippen molar-refractivity contribution in [1.82, 2.24) is 4.98 Å². The monoisotopic (exact) mass is 659 g/mol. The number of hydrogen-bond acceptors (Lipinski definition) is 1. The normalized spacial score (nSPS) is 11.5. The van der Waals surface area contributed by atoms with Crippen molar-refractivity contribution < 1.29 is 0 Å². The molecule has 9 aromatic carbocycles. The van der Waals surface area contributed by atoms with Crippen molar-refractivity contribution in [3.05, 3.63) is 200 Å². The Labute approximate surface area is 303 Å². The maximum Gasteiger partial charge on any atom is 0.0787 e. The van der Waals surface area contributed by atoms with E-state index in [9.17, 15) is 0 Å². The Morgan fingerprint density at radius 1 is 0.269 bits per heavy atom. The number of hydrogen-bond donors (Lipinski definition) is 0. The molecule has 10 aromatic rings. The van der Waals surface area contributed by atoms with E-state index in [1.807, 2.05) is 0 Å². The second-order valence-electron chi connectivity index (χ2n) is 13.4. The molecule has 1 heterocycles. The third-order valence-corrected chi connectivity index (χ3v) is 10.5. The molecular weight excluding hydrogens is 627 g/mol. The first-order valence-corrected chi connectivity index (χ1v) is 17.9. The van der Waals surface area contributed by atoms with Crippen LogP contribution in [0.3, 0.4) is 0 Å². The van der Waals surface area contributed by atoms with Crippen molar-refractivity contribution >= 4 is 43.2 Å². The van der Waals surface area contributed by atoms with Crippen molar-refractivity contribution in [3.8, 4) is 55.8 Å². The molecule has 1 heteroatoms. The van der Waals surface area contributed by atoms with Crippen molar-refractivity contribution in [2.24, 2.45) is 0 Å². The minimum Gasteiger partial charge on any atom is -0.247 e. The van der Waals surface area contributed by atoms with Crippen LogP contribution in [0.4, 0.5) is 0 Å². The van der Waals surface area contributed by atoms with E-state index >= 15 is 0 Å². The smallest absolute Gasteiger partial charge is 0.0787 e. The van der Waals surface area contributed by atoms with E-state index in [4.69, 9.17) is 4.98 Å². The molecule has 0 saturated carbocycles. The summed E-state index contributed by atoms with van der Waals surface area (Å²) in [7, 11) is 0. The van der Waals surface area contributed by atoms with E-state index < -0.39 is 0 Å². The number of fused-ring (bicyclic) bond motifs is 5. The van der Waals surface area contributed by atoms with Gasteiger partial charge in [-0.3, -0.25) is 0 Å². The molecule has 0 atom stereocenters. The summed E-state index contributed by atoms with van der Waals surface area (Å²) in [6.45, 7) is 0. The highest BCUT2D eigenvalue weighted by atomic mass is 14.7. The molecule has 0 saturated heterocycles. The minimum absolute atomic E-state index is 0.965. The van der Waals surface area contributed by atoms with Gasteiger partial charge in [-0.25, -0.2) is 4.98 Å². The Morgan fingerprint density at radius 3 is 1.37 bits per heavy atom. The van der Waals surface area contributed by atoms with Gasteiger partial charge in [0.25, 0.3) is 0 Å². The van der Waals surface area contributed by atoms with Crippen molar-refractivity contribution in [1.29, 1.82) is 0 Å². The molecule has 1 aromatic heterocycles. The standard InChI is InChI=1S/C51H33N/c1-3-15-34(16-4-1)39-20-9-11-23-42(39)49-44-25-13-14-26-45(44)50(43-24-12-10-21-40(43)35-17-5-2-6-18-35)47-33-38(29-31-46(47)49)48-32-30-37-28-27-36-19-7-8-22-41(36)51(37)52-48/h1-33H. The van der Waals surface area contributed by atoms with Gasteiger partial charge in [0.05, 0.1) is 11.2 Å². The molecular formula is C51H33N. The van der Waals surface area contributed by atoms with Gasteiger partial charge in [0.15, 0.2) is 0 Å². The van der Waals surface area contributed by atoms with Crippen LogP contribution in [0.1, 0.15) is 0 Å². The molecule has 0 radical (unpaired) electrons. The van der Waals surface area contributed by atoms with E-state index in [1.54, 1.807) is 0 Å². The Bertz CT molecular complexity index is 2940. The van der Waals surface area contributed by atoms with Crippen molar-refractivity contribution in [2.75, 3.05) is 0 Å². The van der Waals surface area contributed by atoms with E-state index in [1.165, 1.54) is 76.8 Å². The number of nitrogens with zero attached hydrogens (tertiary/aromatic N) is 1. The fourth-order valence-corrected chi connectivity index (χ4v) is 8.08. The summed E-state index contributed by atoms with van der Waals surface area (Å²) in [5.41, 5.74) is 12.9. The zero-order valence-corrected chi connectivity index (χ0v) is 28.5. The second kappa shape index (κ2) is 12.5. The van der Waals surface area contributed by atoms with Gasteiger partial charge in [0.2, 0.25) is 0 Å². The van der Waals surface area contributed by atoms with E-state index in [2.05, 4.69) is 200 Å². The summed E-state index contributed by atoms with van der Waals surface area (Å²) < 4.78 is 0. The lowest BCUT2D eigenvalue weighted by atomic mass is 9.82. The molecule has 0 spiro atoms. The van der Waals surface area contributed by atoms with Gasteiger partial charge in [-0.15, -0.1) is 0 Å². The molecule has 52 heavy (non-hydrogen) atoms. The highest BCUT2D eigenvalue weighted by Gasteiger charge is 2.21. The SMILES string of the molecule is c1ccc(-c2ccccc2-c2c3ccccc3c(-c3ccccc3-c3ccccc3)c3cc(-c4ccc5ccc6ccccc6c5n4)ccc23)cc1. The quantitative estimate of drug-likeness (QED) is 0.132. The Hall–Kier alpha value is -6.83. The topological polar surface area (TPSA) is 12.9 Å². The van der Waals surface area contributed by atoms with Gasteiger partial charge in [0.1, 0.15) is 0 Å². The van der Waals surface area contributed by atoms with Crippen LogP contribution in [-0.2, 0) is 0 Å². The molecule has 1 nitrogen and oxygen atoms in total. The first-order valence-electron chi connectivity index (χ1n) is 17.9. The third kappa shape index (κ3) is 4.98. The lowest BCUT2D eigenvalue weighted by Crippen LogP contribution is -1.95. The van der Waals surface area contributed by atoms with Crippen LogP contribution < -0.4 is 0 Å². The maximum absolute atomic E-state index is 5.34. The molecule has 10 rings (SSSR count). The zero-order chi connectivity index (χ0) is 34.4. The lowest BCUT2D eigenvalue weighted by Gasteiger charge is -2.21. The average Bonchev–Trinajstić information content (AvgIpc) is 3.23. The fraction of sp³-hybridized carbons (Fsp3) is 0. The van der Waals surface area contributed by atoms with Crippen LogP contribution in [0.25, 0.3) is 99.0 Å². The molecule has 0 aliphatic rings. The van der Waals surface area contributed by atoms with E-state index in [0.717, 1.165) is 22.2 Å². The average molecular weight is 660 g/mol. The van der Waals surface area contributed by atoms with Crippen LogP contribution in [0, 0.1) is 0 Å². The number of benzene rings is 9. The Kier molecular flexibility index (Phi) is 7.22. The molecule has 242 valence electrons. The predicted octanol–water partition coefficient (Wildman–Crippen LogP) is 14.0. The van der Waals surface area contributed by atoms with Crippen LogP contribution in [0.15, 0.2) is 200 Å². The van der Waals surface area contributed by atoms with Gasteiger partial charge in [-0.1, -0.05) is 188 Å². The van der Waals surface area contributed by atoms with Crippen LogP contribution in [0.5, 0.6) is 0 Å². The summed E-state index contributed by atoms with van der Waals surface area (Å²) in [6.07, 6.45) is 0. The molecule has 0 aliphatic heterocycles. The number of pyridine rings is 1. The molecule has 0 bridgehead atoms. The molecule has 0 fully saturated rings. The summed E-state index contributed by atoms with van der Waals surface area (Å²) in [5, 5.41) is 8.40. The van der Waals surface area contributed by atoms with Crippen LogP contribution in [-0.4, -0.2) is 4.98 Å². The predicted molar refractivity (Wildman–Crippen MR) is 221 cm³/mol. The van der Waals surface area contributed by atoms with Crippen LogP contribution >= 0.6 is 0 Å². The van der Waals surface area contributed by atoms with Crippen molar-refractivity contribution in [2.45, 2.75) is 0 Å². The van der Waals surface area contributed by atoms with Gasteiger partial charge in [-0.05, 0) is 83.6 Å². The van der Waals surface area contributed by atoms with E-state index in [0.29, 0.717) is 0 Å². The molecule has 0 aliphatic carbocycles. The Balaban J connectivity index is 1.32. The number of aromatic nitrogens is 1. The second-order valence-corrected chi connectivity index (χ2v) is 13.4. The van der Waals surface area contributed by atoms with Crippen LogP contribution in [0.2, 0.25) is 0 Å². The first-order chi connectivity index (χ1) is 25.8. The summed E-state index contributed by atoms with van der Waals surface area (Å²) >= 11 is 0. The van der Waals surface area contributed by atoms with Crippen molar-refractivity contribution in [3.63, 3.8) is 0 Å². The summed E-state index contributed by atoms with van der Waals surface area (Å²) in [5.74, 6) is 0. The molecule has 0 N–H and O–H groups in total.